The summed E-state index contributed by atoms with van der Waals surface area (Å²) in [5.41, 5.74) is 2.61. The van der Waals surface area contributed by atoms with Crippen LogP contribution in [0.2, 0.25) is 0 Å². The minimum atomic E-state index is -0.503. The second kappa shape index (κ2) is 8.05. The van der Waals surface area contributed by atoms with Gasteiger partial charge in [0.15, 0.2) is 0 Å². The first kappa shape index (κ1) is 19.9. The molecule has 6 heteroatoms. The highest BCUT2D eigenvalue weighted by Gasteiger charge is 2.22. The third-order valence-electron chi connectivity index (χ3n) is 4.81. The van der Waals surface area contributed by atoms with Crippen molar-refractivity contribution in [3.05, 3.63) is 40.3 Å². The lowest BCUT2D eigenvalue weighted by molar-refractivity contribution is 0.0285. The maximum Gasteiger partial charge on any atom is 0.410 e. The fraction of sp³-hybridized carbons (Fsp3) is 0.524. The number of amides is 1. The van der Waals surface area contributed by atoms with Crippen molar-refractivity contribution < 1.29 is 9.53 Å². The number of hydrogen-bond donors (Lipinski definition) is 1. The van der Waals surface area contributed by atoms with Crippen LogP contribution in [0.1, 0.15) is 63.8 Å². The van der Waals surface area contributed by atoms with Crippen LogP contribution in [0.5, 0.6) is 0 Å². The van der Waals surface area contributed by atoms with Crippen molar-refractivity contribution in [1.29, 1.82) is 0 Å². The lowest BCUT2D eigenvalue weighted by Crippen LogP contribution is -2.33. The van der Waals surface area contributed by atoms with Gasteiger partial charge < -0.3 is 14.6 Å². The molecule has 3 rings (SSSR count). The summed E-state index contributed by atoms with van der Waals surface area (Å²) in [6.07, 6.45) is 6.61. The first-order valence-electron chi connectivity index (χ1n) is 9.51. The molecule has 5 nitrogen and oxygen atoms in total. The van der Waals surface area contributed by atoms with Crippen LogP contribution in [0.25, 0.3) is 11.3 Å². The number of halogens is 1. The average molecular weight is 434 g/mol. The van der Waals surface area contributed by atoms with Crippen LogP contribution in [-0.2, 0) is 11.3 Å². The normalized spacial score (nSPS) is 15.1. The average Bonchev–Trinajstić information content (AvgIpc) is 3.26. The molecule has 1 N–H and O–H groups in total. The molecule has 1 aliphatic carbocycles. The molecule has 1 saturated carbocycles. The summed E-state index contributed by atoms with van der Waals surface area (Å²) in [6.45, 7) is 6.08. The summed E-state index contributed by atoms with van der Waals surface area (Å²) < 4.78 is 6.41. The number of carbonyl (C=O) groups is 1. The Kier molecular flexibility index (Phi) is 5.94. The second-order valence-electron chi connectivity index (χ2n) is 8.31. The van der Waals surface area contributed by atoms with E-state index in [2.05, 4.69) is 38.0 Å². The Morgan fingerprint density at radius 3 is 2.70 bits per heavy atom. The van der Waals surface area contributed by atoms with Gasteiger partial charge in [0.05, 0.1) is 11.9 Å². The molecule has 0 atom stereocenters. The predicted octanol–water partition coefficient (Wildman–Crippen LogP) is 5.86. The van der Waals surface area contributed by atoms with Crippen molar-refractivity contribution in [2.24, 2.45) is 0 Å². The SMILES string of the molecule is CN(Cc1cc(-c2cnc(C3CCCC3)[nH]2)ccc1Br)C(=O)OC(C)(C)C. The fourth-order valence-corrected chi connectivity index (χ4v) is 3.79. The zero-order valence-electron chi connectivity index (χ0n) is 16.5. The first-order valence-corrected chi connectivity index (χ1v) is 10.3. The number of nitrogens with zero attached hydrogens (tertiary/aromatic N) is 2. The maximum atomic E-state index is 12.3. The van der Waals surface area contributed by atoms with E-state index in [1.54, 1.807) is 11.9 Å². The van der Waals surface area contributed by atoms with E-state index < -0.39 is 5.60 Å². The molecule has 1 fully saturated rings. The van der Waals surface area contributed by atoms with E-state index in [9.17, 15) is 4.79 Å². The van der Waals surface area contributed by atoms with E-state index in [1.165, 1.54) is 25.7 Å². The smallest absolute Gasteiger partial charge is 0.410 e. The quantitative estimate of drug-likeness (QED) is 0.656. The number of benzene rings is 1. The van der Waals surface area contributed by atoms with Crippen LogP contribution in [0.15, 0.2) is 28.9 Å². The maximum absolute atomic E-state index is 12.3. The van der Waals surface area contributed by atoms with Crippen molar-refractivity contribution >= 4 is 22.0 Å². The molecule has 146 valence electrons. The summed E-state index contributed by atoms with van der Waals surface area (Å²) in [4.78, 5) is 21.9. The molecule has 1 aromatic heterocycles. The topological polar surface area (TPSA) is 58.2 Å². The third-order valence-corrected chi connectivity index (χ3v) is 5.58. The second-order valence-corrected chi connectivity index (χ2v) is 9.16. The van der Waals surface area contributed by atoms with E-state index in [1.807, 2.05) is 33.0 Å². The Hall–Kier alpha value is -1.82. The van der Waals surface area contributed by atoms with Gasteiger partial charge in [0.25, 0.3) is 0 Å². The van der Waals surface area contributed by atoms with E-state index in [-0.39, 0.29) is 6.09 Å². The van der Waals surface area contributed by atoms with Crippen molar-refractivity contribution in [1.82, 2.24) is 14.9 Å². The highest BCUT2D eigenvalue weighted by molar-refractivity contribution is 9.10. The zero-order valence-corrected chi connectivity index (χ0v) is 18.1. The Morgan fingerprint density at radius 2 is 2.04 bits per heavy atom. The number of aromatic amines is 1. The standard InChI is InChI=1S/C21H28BrN3O2/c1-21(2,3)27-20(26)25(4)13-16-11-15(9-10-17(16)22)18-12-23-19(24-18)14-7-5-6-8-14/h9-12,14H,5-8,13H2,1-4H3,(H,23,24). The molecule has 0 spiro atoms. The van der Waals surface area contributed by atoms with E-state index in [0.717, 1.165) is 27.1 Å². The molecular formula is C21H28BrN3O2. The highest BCUT2D eigenvalue weighted by Crippen LogP contribution is 2.34. The summed E-state index contributed by atoms with van der Waals surface area (Å²) in [7, 11) is 1.75. The summed E-state index contributed by atoms with van der Waals surface area (Å²) in [6, 6.07) is 6.17. The molecule has 1 aromatic carbocycles. The molecular weight excluding hydrogens is 406 g/mol. The number of nitrogens with one attached hydrogen (secondary N) is 1. The number of aromatic nitrogens is 2. The van der Waals surface area contributed by atoms with Crippen LogP contribution in [0.3, 0.4) is 0 Å². The van der Waals surface area contributed by atoms with Crippen molar-refractivity contribution in [3.63, 3.8) is 0 Å². The van der Waals surface area contributed by atoms with Gasteiger partial charge in [-0.25, -0.2) is 9.78 Å². The van der Waals surface area contributed by atoms with Crippen molar-refractivity contribution in [3.8, 4) is 11.3 Å². The molecule has 27 heavy (non-hydrogen) atoms. The Balaban J connectivity index is 1.75. The first-order chi connectivity index (χ1) is 12.7. The lowest BCUT2D eigenvalue weighted by Gasteiger charge is -2.25. The predicted molar refractivity (Wildman–Crippen MR) is 111 cm³/mol. The number of rotatable bonds is 4. The van der Waals surface area contributed by atoms with Gasteiger partial charge in [-0.05, 0) is 56.9 Å². The Bertz CT molecular complexity index is 804. The van der Waals surface area contributed by atoms with Gasteiger partial charge >= 0.3 is 6.09 Å². The van der Waals surface area contributed by atoms with Gasteiger partial charge in [0.2, 0.25) is 0 Å². The molecule has 0 unspecified atom stereocenters. The van der Waals surface area contributed by atoms with E-state index in [0.29, 0.717) is 12.5 Å². The van der Waals surface area contributed by atoms with Crippen LogP contribution in [0.4, 0.5) is 4.79 Å². The largest absolute Gasteiger partial charge is 0.444 e. The van der Waals surface area contributed by atoms with E-state index >= 15 is 0 Å². The van der Waals surface area contributed by atoms with Crippen LogP contribution >= 0.6 is 15.9 Å². The Labute approximate surface area is 169 Å². The van der Waals surface area contributed by atoms with Gasteiger partial charge in [-0.2, -0.15) is 0 Å². The van der Waals surface area contributed by atoms with Gasteiger partial charge in [-0.1, -0.05) is 34.8 Å². The Morgan fingerprint density at radius 1 is 1.33 bits per heavy atom. The van der Waals surface area contributed by atoms with Crippen LogP contribution in [0, 0.1) is 0 Å². The number of ether oxygens (including phenoxy) is 1. The fourth-order valence-electron chi connectivity index (χ4n) is 3.41. The van der Waals surface area contributed by atoms with Gasteiger partial charge in [-0.15, -0.1) is 0 Å². The zero-order chi connectivity index (χ0) is 19.6. The van der Waals surface area contributed by atoms with Crippen LogP contribution < -0.4 is 0 Å². The molecule has 0 radical (unpaired) electrons. The van der Waals surface area contributed by atoms with Gasteiger partial charge in [0, 0.05) is 24.0 Å². The summed E-state index contributed by atoms with van der Waals surface area (Å²) >= 11 is 3.60. The summed E-state index contributed by atoms with van der Waals surface area (Å²) in [5, 5.41) is 0. The monoisotopic (exact) mass is 433 g/mol. The molecule has 2 aromatic rings. The summed E-state index contributed by atoms with van der Waals surface area (Å²) in [5.74, 6) is 1.66. The van der Waals surface area contributed by atoms with E-state index in [4.69, 9.17) is 4.74 Å². The number of carbonyl (C=O) groups excluding carboxylic acids is 1. The lowest BCUT2D eigenvalue weighted by atomic mass is 10.1. The van der Waals surface area contributed by atoms with Crippen molar-refractivity contribution in [2.45, 2.75) is 64.5 Å². The molecule has 0 aliphatic heterocycles. The highest BCUT2D eigenvalue weighted by atomic mass is 79.9. The molecule has 0 saturated heterocycles. The minimum absolute atomic E-state index is 0.329. The number of H-pyrrole nitrogens is 1. The number of imidazole rings is 1. The minimum Gasteiger partial charge on any atom is -0.444 e. The molecule has 1 heterocycles. The molecule has 1 amide bonds. The van der Waals surface area contributed by atoms with Gasteiger partial charge in [-0.3, -0.25) is 0 Å². The number of hydrogen-bond acceptors (Lipinski definition) is 3. The molecule has 1 aliphatic rings. The molecule has 0 bridgehead atoms. The van der Waals surface area contributed by atoms with Crippen LogP contribution in [-0.4, -0.2) is 33.6 Å². The third kappa shape index (κ3) is 5.12. The van der Waals surface area contributed by atoms with Crippen molar-refractivity contribution in [2.75, 3.05) is 7.05 Å². The van der Waals surface area contributed by atoms with Gasteiger partial charge in [0.1, 0.15) is 11.4 Å².